The van der Waals surface area contributed by atoms with Crippen LogP contribution < -0.4 is 10.6 Å². The molecule has 2 aliphatic carbocycles. The van der Waals surface area contributed by atoms with Crippen molar-refractivity contribution in [2.45, 2.75) is 238 Å². The van der Waals surface area contributed by atoms with Crippen LogP contribution in [0.5, 0.6) is 0 Å². The molecule has 2 heterocycles. The van der Waals surface area contributed by atoms with Crippen LogP contribution in [-0.2, 0) is 43.0 Å². The first-order chi connectivity index (χ1) is 38.4. The lowest BCUT2D eigenvalue weighted by Crippen LogP contribution is -2.50. The SMILES string of the molecule is CCC(C)(C)C(=O)OCCCSC(C)C(=O)Nc1[nH]c(C=C2N=C(NC(=O)C(C)SC(CC(=O)O)C(=O)O)C(C(=O)OC3C(C(C)(C)C)CC(C)CC3C(C)(C)C)=C2C(C)C)c(C(C)C)c1C(=O)OC1C(C(C)(C)C)CC(C)CC1C(C)(C)C. The Morgan fingerprint density at radius 3 is 1.56 bits per heavy atom. The smallest absolute Gasteiger partial charge is 0.342 e. The van der Waals surface area contributed by atoms with Crippen molar-refractivity contribution in [3.8, 4) is 0 Å². The van der Waals surface area contributed by atoms with E-state index in [1.807, 2.05) is 48.5 Å². The van der Waals surface area contributed by atoms with E-state index in [4.69, 9.17) is 19.2 Å². The number of hydrogen-bond acceptors (Lipinski definition) is 13. The number of thioether (sulfide) groups is 2. The van der Waals surface area contributed by atoms with Crippen molar-refractivity contribution < 1.29 is 58.0 Å². The van der Waals surface area contributed by atoms with Crippen molar-refractivity contribution in [2.24, 2.45) is 73.5 Å². The Hall–Kier alpha value is -4.58. The van der Waals surface area contributed by atoms with Crippen LogP contribution in [0.2, 0.25) is 0 Å². The first-order valence-electron chi connectivity index (χ1n) is 30.7. The maximum Gasteiger partial charge on any atom is 0.342 e. The minimum atomic E-state index is -1.44. The molecule has 0 aromatic carbocycles. The molecule has 7 unspecified atom stereocenters. The molecule has 474 valence electrons. The van der Waals surface area contributed by atoms with Gasteiger partial charge < -0.3 is 40.0 Å². The van der Waals surface area contributed by atoms with Crippen molar-refractivity contribution in [1.29, 1.82) is 0 Å². The molecule has 18 heteroatoms. The Kier molecular flexibility index (Phi) is 24.4. The van der Waals surface area contributed by atoms with Gasteiger partial charge in [-0.05, 0) is 135 Å². The Labute approximate surface area is 511 Å². The zero-order valence-electron chi connectivity index (χ0n) is 55.2. The number of amidine groups is 1. The number of aliphatic imine (C=N–C) groups is 1. The van der Waals surface area contributed by atoms with Crippen LogP contribution in [0.15, 0.2) is 21.8 Å². The largest absolute Gasteiger partial charge is 0.481 e. The minimum absolute atomic E-state index is 0.0141. The van der Waals surface area contributed by atoms with Gasteiger partial charge in [-0.25, -0.2) is 14.6 Å². The molecule has 2 fully saturated rings. The molecule has 3 aliphatic rings. The third kappa shape index (κ3) is 18.5. The lowest BCUT2D eigenvalue weighted by Gasteiger charge is -2.50. The van der Waals surface area contributed by atoms with E-state index in [2.05, 4.69) is 113 Å². The maximum absolute atomic E-state index is 15.5. The van der Waals surface area contributed by atoms with Crippen molar-refractivity contribution in [3.63, 3.8) is 0 Å². The molecule has 0 saturated heterocycles. The number of ether oxygens (including phenoxy) is 3. The van der Waals surface area contributed by atoms with Crippen LogP contribution in [0.3, 0.4) is 0 Å². The molecule has 1 aromatic heterocycles. The number of nitrogens with zero attached hydrogens (tertiary/aromatic N) is 1. The van der Waals surface area contributed by atoms with Gasteiger partial charge in [-0.2, -0.15) is 0 Å². The molecule has 5 N–H and O–H groups in total. The van der Waals surface area contributed by atoms with Gasteiger partial charge in [0.1, 0.15) is 40.2 Å². The fourth-order valence-corrected chi connectivity index (χ4v) is 14.2. The molecule has 84 heavy (non-hydrogen) atoms. The summed E-state index contributed by atoms with van der Waals surface area (Å²) >= 11 is 2.07. The zero-order chi connectivity index (χ0) is 64.1. The summed E-state index contributed by atoms with van der Waals surface area (Å²) in [6.07, 6.45) is 4.58. The summed E-state index contributed by atoms with van der Waals surface area (Å²) in [5.74, 6) is -4.87. The number of anilines is 1. The Morgan fingerprint density at radius 1 is 0.679 bits per heavy atom. The Balaban J connectivity index is 2.00. The Morgan fingerprint density at radius 2 is 1.14 bits per heavy atom. The van der Waals surface area contributed by atoms with Crippen LogP contribution in [0, 0.1) is 68.5 Å². The molecule has 1 aliphatic heterocycles. The van der Waals surface area contributed by atoms with E-state index in [0.29, 0.717) is 59.0 Å². The number of carbonyl (C=O) groups excluding carboxylic acids is 5. The van der Waals surface area contributed by atoms with Gasteiger partial charge in [0.15, 0.2) is 0 Å². The molecular formula is C66H106N4O12S2. The summed E-state index contributed by atoms with van der Waals surface area (Å²) in [4.78, 5) is 105. The van der Waals surface area contributed by atoms with Crippen LogP contribution in [0.4, 0.5) is 5.82 Å². The van der Waals surface area contributed by atoms with E-state index in [0.717, 1.165) is 25.7 Å². The van der Waals surface area contributed by atoms with E-state index in [9.17, 15) is 34.2 Å². The molecule has 0 spiro atoms. The van der Waals surface area contributed by atoms with E-state index in [1.54, 1.807) is 13.0 Å². The number of rotatable bonds is 22. The number of carboxylic acid groups (broad SMARTS) is 2. The minimum Gasteiger partial charge on any atom is -0.481 e. The second-order valence-electron chi connectivity index (χ2n) is 30.0. The molecule has 16 nitrogen and oxygen atoms in total. The highest BCUT2D eigenvalue weighted by atomic mass is 32.2. The second kappa shape index (κ2) is 28.5. The lowest BCUT2D eigenvalue weighted by atomic mass is 9.59. The molecule has 0 bridgehead atoms. The third-order valence-electron chi connectivity index (χ3n) is 17.6. The zero-order valence-corrected chi connectivity index (χ0v) is 56.8. The van der Waals surface area contributed by atoms with Crippen molar-refractivity contribution in [1.82, 2.24) is 10.3 Å². The van der Waals surface area contributed by atoms with Gasteiger partial charge in [0.25, 0.3) is 0 Å². The van der Waals surface area contributed by atoms with Gasteiger partial charge in [-0.15, -0.1) is 23.5 Å². The number of aromatic amines is 1. The maximum atomic E-state index is 15.5. The normalized spacial score (nSPS) is 24.3. The van der Waals surface area contributed by atoms with Gasteiger partial charge in [0.05, 0.1) is 34.6 Å². The fraction of sp³-hybridized carbons (Fsp3) is 0.758. The number of H-pyrrole nitrogens is 1. The Bertz CT molecular complexity index is 2610. The average molecular weight is 1210 g/mol. The monoisotopic (exact) mass is 1210 g/mol. The number of carbonyl (C=O) groups is 7. The number of esters is 3. The molecule has 2 amide bonds. The van der Waals surface area contributed by atoms with E-state index in [-0.39, 0.29) is 98.2 Å². The van der Waals surface area contributed by atoms with Gasteiger partial charge >= 0.3 is 29.8 Å². The predicted octanol–water partition coefficient (Wildman–Crippen LogP) is 14.4. The van der Waals surface area contributed by atoms with Crippen molar-refractivity contribution >= 4 is 82.9 Å². The van der Waals surface area contributed by atoms with Crippen LogP contribution in [-0.4, -0.2) is 103 Å². The number of aromatic nitrogens is 1. The number of amides is 2. The molecule has 7 atom stereocenters. The molecule has 4 rings (SSSR count). The second-order valence-corrected chi connectivity index (χ2v) is 33.0. The summed E-state index contributed by atoms with van der Waals surface area (Å²) < 4.78 is 19.3. The first-order valence-corrected chi connectivity index (χ1v) is 32.6. The van der Waals surface area contributed by atoms with Gasteiger partial charge in [0.2, 0.25) is 11.8 Å². The van der Waals surface area contributed by atoms with E-state index in [1.165, 1.54) is 18.7 Å². The van der Waals surface area contributed by atoms with E-state index < -0.39 is 75.5 Å². The van der Waals surface area contributed by atoms with Crippen LogP contribution in [0.1, 0.15) is 232 Å². The highest BCUT2D eigenvalue weighted by Gasteiger charge is 2.51. The standard InChI is InChI=1S/C66H106N4O12S2/c1-24-66(22,23)61(79)80-26-25-27-83-38(8)56(73)69-54-50(59(77)81-52-40(62(10,11)12)28-36(6)29-41(52)63(13,14)15)48(34(2)3)44(67-54)32-45-49(35(4)5)51(55(68-45)70-57(74)39(9)84-46(58(75)76)33-47(71)72)60(78)82-53-42(64(16,17)18)30-37(7)31-43(53)65(19,20)21/h32,34-43,46,52-53,67H,24-31,33H2,1-23H3,(H,69,73)(H,71,72)(H,75,76)(H,68,70,74). The molecule has 1 aromatic rings. The summed E-state index contributed by atoms with van der Waals surface area (Å²) in [5.41, 5.74) is 0.283. The van der Waals surface area contributed by atoms with Gasteiger partial charge in [-0.1, -0.05) is 132 Å². The summed E-state index contributed by atoms with van der Waals surface area (Å²) in [5, 5.41) is 22.2. The summed E-state index contributed by atoms with van der Waals surface area (Å²) in [6.45, 7) is 47.4. The van der Waals surface area contributed by atoms with Crippen molar-refractivity contribution in [2.75, 3.05) is 17.7 Å². The summed E-state index contributed by atoms with van der Waals surface area (Å²) in [6, 6.07) is 0. The molecule has 0 radical (unpaired) electrons. The van der Waals surface area contributed by atoms with Gasteiger partial charge in [0, 0.05) is 29.4 Å². The molecule has 2 saturated carbocycles. The number of nitrogens with one attached hydrogen (secondary N) is 3. The van der Waals surface area contributed by atoms with Crippen LogP contribution >= 0.6 is 23.5 Å². The van der Waals surface area contributed by atoms with E-state index >= 15 is 9.59 Å². The number of allylic oxidation sites excluding steroid dienone is 1. The van der Waals surface area contributed by atoms with Gasteiger partial charge in [-0.3, -0.25) is 24.0 Å². The first kappa shape index (κ1) is 71.9. The number of hydrogen-bond donors (Lipinski definition) is 5. The highest BCUT2D eigenvalue weighted by Crippen LogP contribution is 2.52. The van der Waals surface area contributed by atoms with Crippen LogP contribution in [0.25, 0.3) is 6.08 Å². The molecular weight excluding hydrogens is 1100 g/mol. The average Bonchev–Trinajstić information content (AvgIpc) is 3.54. The quantitative estimate of drug-likeness (QED) is 0.0412. The topological polar surface area (TPSA) is 240 Å². The van der Waals surface area contributed by atoms with Crippen molar-refractivity contribution in [3.05, 3.63) is 33.7 Å². The number of carboxylic acids is 2. The lowest BCUT2D eigenvalue weighted by molar-refractivity contribution is -0.164. The predicted molar refractivity (Wildman–Crippen MR) is 339 cm³/mol. The summed E-state index contributed by atoms with van der Waals surface area (Å²) in [7, 11) is 0. The number of aliphatic carboxylic acids is 2. The highest BCUT2D eigenvalue weighted by molar-refractivity contribution is 8.01. The third-order valence-corrected chi connectivity index (χ3v) is 20.2. The fourth-order valence-electron chi connectivity index (χ4n) is 12.3.